The summed E-state index contributed by atoms with van der Waals surface area (Å²) in [4.78, 5) is 4.54. The van der Waals surface area contributed by atoms with Crippen LogP contribution >= 0.6 is 0 Å². The Hall–Kier alpha value is -2.19. The molecule has 1 unspecified atom stereocenters. The molecule has 1 heterocycles. The fourth-order valence-electron chi connectivity index (χ4n) is 2.78. The summed E-state index contributed by atoms with van der Waals surface area (Å²) >= 11 is 0. The molecule has 0 saturated carbocycles. The molecule has 0 fully saturated rings. The largest absolute Gasteiger partial charge is 0.320 e. The number of benzene rings is 2. The minimum atomic E-state index is -0.0909. The Morgan fingerprint density at radius 2 is 1.86 bits per heavy atom. The van der Waals surface area contributed by atoms with E-state index in [0.717, 1.165) is 28.6 Å². The fraction of sp³-hybridized carbons (Fsp3) is 0.211. The molecule has 0 saturated heterocycles. The van der Waals surface area contributed by atoms with E-state index in [1.54, 1.807) is 0 Å². The third-order valence-electron chi connectivity index (χ3n) is 3.98. The van der Waals surface area contributed by atoms with Gasteiger partial charge in [0.1, 0.15) is 0 Å². The number of hydrogen-bond acceptors (Lipinski definition) is 2. The van der Waals surface area contributed by atoms with E-state index >= 15 is 0 Å². The highest BCUT2D eigenvalue weighted by molar-refractivity contribution is 5.79. The van der Waals surface area contributed by atoms with Gasteiger partial charge in [0, 0.05) is 11.1 Å². The zero-order valence-corrected chi connectivity index (χ0v) is 12.5. The van der Waals surface area contributed by atoms with Crippen molar-refractivity contribution in [2.75, 3.05) is 0 Å². The van der Waals surface area contributed by atoms with E-state index in [2.05, 4.69) is 60.4 Å². The molecule has 0 aliphatic rings. The molecule has 21 heavy (non-hydrogen) atoms. The number of nitrogens with zero attached hydrogens (tertiary/aromatic N) is 1. The van der Waals surface area contributed by atoms with E-state index in [0.29, 0.717) is 0 Å². The van der Waals surface area contributed by atoms with Crippen LogP contribution in [0.4, 0.5) is 0 Å². The van der Waals surface area contributed by atoms with Crippen LogP contribution in [0.5, 0.6) is 0 Å². The van der Waals surface area contributed by atoms with E-state index in [9.17, 15) is 0 Å². The minimum Gasteiger partial charge on any atom is -0.320 e. The SMILES string of the molecule is CCc1ccccc1C(N)c1ccc2nc(C)ccc2c1. The number of rotatable bonds is 3. The summed E-state index contributed by atoms with van der Waals surface area (Å²) in [5.41, 5.74) is 12.2. The number of hydrogen-bond donors (Lipinski definition) is 1. The van der Waals surface area contributed by atoms with Crippen LogP contribution in [0.2, 0.25) is 0 Å². The van der Waals surface area contributed by atoms with E-state index in [4.69, 9.17) is 5.73 Å². The second-order valence-corrected chi connectivity index (χ2v) is 5.43. The highest BCUT2D eigenvalue weighted by Gasteiger charge is 2.12. The van der Waals surface area contributed by atoms with Crippen LogP contribution in [-0.4, -0.2) is 4.98 Å². The Kier molecular flexibility index (Phi) is 3.72. The van der Waals surface area contributed by atoms with Crippen molar-refractivity contribution in [2.24, 2.45) is 5.73 Å². The van der Waals surface area contributed by atoms with Crippen LogP contribution < -0.4 is 5.73 Å². The summed E-state index contributed by atoms with van der Waals surface area (Å²) in [6, 6.07) is 18.8. The predicted octanol–water partition coefficient (Wildman–Crippen LogP) is 4.15. The first kappa shape index (κ1) is 13.8. The van der Waals surface area contributed by atoms with Gasteiger partial charge >= 0.3 is 0 Å². The molecule has 1 aromatic heterocycles. The standard InChI is InChI=1S/C19H20N2/c1-3-14-6-4-5-7-17(14)19(20)16-10-11-18-15(12-16)9-8-13(2)21-18/h4-12,19H,3,20H2,1-2H3. The number of aryl methyl sites for hydroxylation is 2. The van der Waals surface area contributed by atoms with Gasteiger partial charge < -0.3 is 5.73 Å². The lowest BCUT2D eigenvalue weighted by Crippen LogP contribution is -2.13. The maximum Gasteiger partial charge on any atom is 0.0705 e. The number of pyridine rings is 1. The Morgan fingerprint density at radius 3 is 2.67 bits per heavy atom. The second-order valence-electron chi connectivity index (χ2n) is 5.43. The normalized spacial score (nSPS) is 12.5. The fourth-order valence-corrected chi connectivity index (χ4v) is 2.78. The second kappa shape index (κ2) is 5.66. The molecule has 0 bridgehead atoms. The van der Waals surface area contributed by atoms with Crippen molar-refractivity contribution in [3.63, 3.8) is 0 Å². The quantitative estimate of drug-likeness (QED) is 0.780. The molecule has 2 N–H and O–H groups in total. The monoisotopic (exact) mass is 276 g/mol. The lowest BCUT2D eigenvalue weighted by atomic mass is 9.93. The molecule has 106 valence electrons. The number of fused-ring (bicyclic) bond motifs is 1. The maximum atomic E-state index is 6.49. The van der Waals surface area contributed by atoms with E-state index < -0.39 is 0 Å². The molecular weight excluding hydrogens is 256 g/mol. The molecule has 2 heteroatoms. The van der Waals surface area contributed by atoms with Gasteiger partial charge in [-0.3, -0.25) is 4.98 Å². The van der Waals surface area contributed by atoms with E-state index in [-0.39, 0.29) is 6.04 Å². The lowest BCUT2D eigenvalue weighted by Gasteiger charge is -2.17. The molecule has 0 radical (unpaired) electrons. The van der Waals surface area contributed by atoms with Crippen LogP contribution in [0.3, 0.4) is 0 Å². The first-order chi connectivity index (χ1) is 10.2. The van der Waals surface area contributed by atoms with Crippen LogP contribution in [-0.2, 0) is 6.42 Å². The smallest absolute Gasteiger partial charge is 0.0705 e. The molecule has 0 aliphatic heterocycles. The minimum absolute atomic E-state index is 0.0909. The van der Waals surface area contributed by atoms with Gasteiger partial charge in [-0.25, -0.2) is 0 Å². The molecule has 0 spiro atoms. The molecule has 1 atom stereocenters. The number of nitrogens with two attached hydrogens (primary N) is 1. The van der Waals surface area contributed by atoms with Gasteiger partial charge in [-0.2, -0.15) is 0 Å². The van der Waals surface area contributed by atoms with Gasteiger partial charge in [0.15, 0.2) is 0 Å². The maximum absolute atomic E-state index is 6.49. The average molecular weight is 276 g/mol. The Bertz CT molecular complexity index is 777. The van der Waals surface area contributed by atoms with Crippen molar-refractivity contribution in [3.05, 3.63) is 77.0 Å². The first-order valence-corrected chi connectivity index (χ1v) is 7.39. The van der Waals surface area contributed by atoms with Crippen molar-refractivity contribution >= 4 is 10.9 Å². The molecular formula is C19H20N2. The topological polar surface area (TPSA) is 38.9 Å². The summed E-state index contributed by atoms with van der Waals surface area (Å²) in [5, 5.41) is 1.14. The van der Waals surface area contributed by atoms with Gasteiger partial charge in [0.05, 0.1) is 11.6 Å². The van der Waals surface area contributed by atoms with Gasteiger partial charge in [0.25, 0.3) is 0 Å². The molecule has 2 aromatic carbocycles. The third kappa shape index (κ3) is 2.67. The van der Waals surface area contributed by atoms with E-state index in [1.165, 1.54) is 11.1 Å². The Labute approximate surface area is 125 Å². The van der Waals surface area contributed by atoms with Crippen LogP contribution in [0.15, 0.2) is 54.6 Å². The van der Waals surface area contributed by atoms with Crippen LogP contribution in [0.1, 0.15) is 35.3 Å². The lowest BCUT2D eigenvalue weighted by molar-refractivity contribution is 0.851. The molecule has 2 nitrogen and oxygen atoms in total. The summed E-state index contributed by atoms with van der Waals surface area (Å²) in [5.74, 6) is 0. The zero-order chi connectivity index (χ0) is 14.8. The van der Waals surface area contributed by atoms with Gasteiger partial charge in [-0.15, -0.1) is 0 Å². The highest BCUT2D eigenvalue weighted by Crippen LogP contribution is 2.26. The Morgan fingerprint density at radius 1 is 1.05 bits per heavy atom. The first-order valence-electron chi connectivity index (χ1n) is 7.39. The summed E-state index contributed by atoms with van der Waals surface area (Å²) < 4.78 is 0. The van der Waals surface area contributed by atoms with Crippen molar-refractivity contribution in [1.29, 1.82) is 0 Å². The summed E-state index contributed by atoms with van der Waals surface area (Å²) in [6.45, 7) is 4.18. The number of aromatic nitrogens is 1. The van der Waals surface area contributed by atoms with Crippen molar-refractivity contribution in [1.82, 2.24) is 4.98 Å². The van der Waals surface area contributed by atoms with Gasteiger partial charge in [0.2, 0.25) is 0 Å². The molecule has 3 rings (SSSR count). The zero-order valence-electron chi connectivity index (χ0n) is 12.5. The third-order valence-corrected chi connectivity index (χ3v) is 3.98. The average Bonchev–Trinajstić information content (AvgIpc) is 2.53. The van der Waals surface area contributed by atoms with Gasteiger partial charge in [-0.05, 0) is 48.2 Å². The predicted molar refractivity (Wildman–Crippen MR) is 88.3 cm³/mol. The highest BCUT2D eigenvalue weighted by atomic mass is 14.7. The summed E-state index contributed by atoms with van der Waals surface area (Å²) in [7, 11) is 0. The van der Waals surface area contributed by atoms with Crippen molar-refractivity contribution in [2.45, 2.75) is 26.3 Å². The molecule has 0 amide bonds. The Balaban J connectivity index is 2.05. The summed E-state index contributed by atoms with van der Waals surface area (Å²) in [6.07, 6.45) is 0.998. The van der Waals surface area contributed by atoms with Crippen LogP contribution in [0, 0.1) is 6.92 Å². The molecule has 0 aliphatic carbocycles. The molecule has 3 aromatic rings. The van der Waals surface area contributed by atoms with Crippen LogP contribution in [0.25, 0.3) is 10.9 Å². The van der Waals surface area contributed by atoms with E-state index in [1.807, 2.05) is 13.0 Å². The van der Waals surface area contributed by atoms with Crippen molar-refractivity contribution < 1.29 is 0 Å². The van der Waals surface area contributed by atoms with Crippen molar-refractivity contribution in [3.8, 4) is 0 Å². The van der Waals surface area contributed by atoms with Gasteiger partial charge in [-0.1, -0.05) is 43.3 Å².